The lowest BCUT2D eigenvalue weighted by Crippen LogP contribution is -2.75. The fourth-order valence-electron chi connectivity index (χ4n) is 1.83. The van der Waals surface area contributed by atoms with E-state index >= 15 is 0 Å². The molecule has 1 rings (SSSR count). The molecule has 0 saturated carbocycles. The number of alkyl halides is 6. The summed E-state index contributed by atoms with van der Waals surface area (Å²) in [7, 11) is 0. The van der Waals surface area contributed by atoms with E-state index in [0.717, 1.165) is 17.4 Å². The Morgan fingerprint density at radius 2 is 1.52 bits per heavy atom. The zero-order chi connectivity index (χ0) is 17.7. The van der Waals surface area contributed by atoms with Gasteiger partial charge < -0.3 is 5.32 Å². The Hall–Kier alpha value is -1.77. The van der Waals surface area contributed by atoms with Crippen LogP contribution in [0.2, 0.25) is 0 Å². The molecule has 0 aliphatic carbocycles. The van der Waals surface area contributed by atoms with Crippen molar-refractivity contribution in [3.05, 3.63) is 35.9 Å². The normalized spacial score (nSPS) is 13.0. The van der Waals surface area contributed by atoms with Gasteiger partial charge >= 0.3 is 12.4 Å². The van der Waals surface area contributed by atoms with E-state index in [9.17, 15) is 31.1 Å². The van der Waals surface area contributed by atoms with Crippen molar-refractivity contribution in [3.63, 3.8) is 0 Å². The van der Waals surface area contributed by atoms with Crippen molar-refractivity contribution in [1.29, 1.82) is 0 Å². The molecule has 2 N–H and O–H groups in total. The minimum Gasteiger partial charge on any atom is -0.319 e. The number of halogens is 6. The van der Waals surface area contributed by atoms with Gasteiger partial charge in [0, 0.05) is 5.56 Å². The third kappa shape index (κ3) is 4.37. The summed E-state index contributed by atoms with van der Waals surface area (Å²) in [5.74, 6) is -1.47. The van der Waals surface area contributed by atoms with E-state index in [1.807, 2.05) is 0 Å². The van der Waals surface area contributed by atoms with Crippen LogP contribution in [0.15, 0.2) is 30.3 Å². The van der Waals surface area contributed by atoms with Gasteiger partial charge in [-0.05, 0) is 25.1 Å². The second kappa shape index (κ2) is 7.20. The zero-order valence-electron chi connectivity index (χ0n) is 12.2. The Balaban J connectivity index is 3.19. The minimum atomic E-state index is -5.76. The molecule has 0 fully saturated rings. The van der Waals surface area contributed by atoms with E-state index in [-0.39, 0.29) is 12.0 Å². The molecule has 130 valence electrons. The van der Waals surface area contributed by atoms with E-state index < -0.39 is 30.5 Å². The van der Waals surface area contributed by atoms with Crippen molar-refractivity contribution in [2.45, 2.75) is 37.8 Å². The van der Waals surface area contributed by atoms with Crippen molar-refractivity contribution in [3.8, 4) is 0 Å². The second-order valence-corrected chi connectivity index (χ2v) is 4.85. The first-order valence-electron chi connectivity index (χ1n) is 6.81. The molecule has 0 atom stereocenters. The molecular weight excluding hydrogens is 326 g/mol. The third-order valence-electron chi connectivity index (χ3n) is 3.11. The summed E-state index contributed by atoms with van der Waals surface area (Å²) in [5.41, 5.74) is -4.80. The molecule has 0 heterocycles. The van der Waals surface area contributed by atoms with Crippen LogP contribution in [-0.4, -0.2) is 30.5 Å². The molecular formula is C14H16F6N2O. The maximum absolute atomic E-state index is 13.2. The fourth-order valence-corrected chi connectivity index (χ4v) is 1.83. The van der Waals surface area contributed by atoms with Crippen LogP contribution in [0.5, 0.6) is 0 Å². The van der Waals surface area contributed by atoms with Gasteiger partial charge in [0.1, 0.15) is 0 Å². The average molecular weight is 342 g/mol. The predicted molar refractivity (Wildman–Crippen MR) is 71.7 cm³/mol. The molecule has 0 bridgehead atoms. The quantitative estimate of drug-likeness (QED) is 0.471. The van der Waals surface area contributed by atoms with Gasteiger partial charge in [0.25, 0.3) is 11.6 Å². The smallest absolute Gasteiger partial charge is 0.319 e. The SMILES string of the molecule is CCCCNC(NC(=O)c1ccccc1)(C(F)(F)F)C(F)(F)F. The van der Waals surface area contributed by atoms with Crippen LogP contribution in [0.4, 0.5) is 26.3 Å². The summed E-state index contributed by atoms with van der Waals surface area (Å²) in [4.78, 5) is 11.8. The maximum atomic E-state index is 13.2. The highest BCUT2D eigenvalue weighted by molar-refractivity contribution is 5.94. The van der Waals surface area contributed by atoms with Crippen molar-refractivity contribution in [1.82, 2.24) is 10.6 Å². The molecule has 3 nitrogen and oxygen atoms in total. The van der Waals surface area contributed by atoms with E-state index in [4.69, 9.17) is 0 Å². The van der Waals surface area contributed by atoms with Gasteiger partial charge in [-0.1, -0.05) is 31.5 Å². The van der Waals surface area contributed by atoms with Gasteiger partial charge in [-0.3, -0.25) is 10.1 Å². The first-order chi connectivity index (χ1) is 10.5. The monoisotopic (exact) mass is 342 g/mol. The van der Waals surface area contributed by atoms with Crippen molar-refractivity contribution >= 4 is 5.91 Å². The molecule has 0 spiro atoms. The summed E-state index contributed by atoms with van der Waals surface area (Å²) >= 11 is 0. The number of amides is 1. The Labute approximate surface area is 129 Å². The molecule has 1 aromatic carbocycles. The predicted octanol–water partition coefficient (Wildman–Crippen LogP) is 3.63. The molecule has 0 aromatic heterocycles. The van der Waals surface area contributed by atoms with E-state index in [2.05, 4.69) is 0 Å². The van der Waals surface area contributed by atoms with Crippen LogP contribution >= 0.6 is 0 Å². The zero-order valence-corrected chi connectivity index (χ0v) is 12.2. The van der Waals surface area contributed by atoms with Gasteiger partial charge in [0.15, 0.2) is 0 Å². The number of hydrogen-bond donors (Lipinski definition) is 2. The Kier molecular flexibility index (Phi) is 6.04. The molecule has 23 heavy (non-hydrogen) atoms. The summed E-state index contributed by atoms with van der Waals surface area (Å²) < 4.78 is 79.1. The summed E-state index contributed by atoms with van der Waals surface area (Å²) in [6.45, 7) is 1.07. The standard InChI is InChI=1S/C14H16F6N2O/c1-2-3-9-21-12(13(15,16)17,14(18,19)20)22-11(23)10-7-5-4-6-8-10/h4-8,21H,2-3,9H2,1H3,(H,22,23). The van der Waals surface area contributed by atoms with Gasteiger partial charge in [-0.2, -0.15) is 26.3 Å². The summed E-state index contributed by atoms with van der Waals surface area (Å²) in [6.07, 6.45) is -11.0. The molecule has 1 amide bonds. The number of hydrogen-bond acceptors (Lipinski definition) is 2. The molecule has 0 aliphatic rings. The Morgan fingerprint density at radius 3 is 1.96 bits per heavy atom. The minimum absolute atomic E-state index is 0.0924. The van der Waals surface area contributed by atoms with Crippen LogP contribution < -0.4 is 10.6 Å². The highest BCUT2D eigenvalue weighted by Gasteiger charge is 2.72. The lowest BCUT2D eigenvalue weighted by atomic mass is 10.1. The van der Waals surface area contributed by atoms with Gasteiger partial charge in [0.2, 0.25) is 0 Å². The Bertz CT molecular complexity index is 498. The largest absolute Gasteiger partial charge is 0.434 e. The van der Waals surface area contributed by atoms with E-state index in [1.165, 1.54) is 23.5 Å². The molecule has 0 aliphatic heterocycles. The fraction of sp³-hybridized carbons (Fsp3) is 0.500. The third-order valence-corrected chi connectivity index (χ3v) is 3.11. The number of nitrogens with one attached hydrogen (secondary N) is 2. The average Bonchev–Trinajstić information content (AvgIpc) is 2.44. The van der Waals surface area contributed by atoms with Crippen molar-refractivity contribution in [2.75, 3.05) is 6.54 Å². The Morgan fingerprint density at radius 1 is 1.00 bits per heavy atom. The lowest BCUT2D eigenvalue weighted by molar-refractivity contribution is -0.314. The highest BCUT2D eigenvalue weighted by atomic mass is 19.4. The molecule has 9 heteroatoms. The van der Waals surface area contributed by atoms with Crippen LogP contribution in [-0.2, 0) is 0 Å². The number of carbonyl (C=O) groups excluding carboxylic acids is 1. The van der Waals surface area contributed by atoms with Crippen LogP contribution in [0.1, 0.15) is 30.1 Å². The lowest BCUT2D eigenvalue weighted by Gasteiger charge is -2.38. The van der Waals surface area contributed by atoms with E-state index in [0.29, 0.717) is 6.42 Å². The number of unbranched alkanes of at least 4 members (excludes halogenated alkanes) is 1. The topological polar surface area (TPSA) is 41.1 Å². The maximum Gasteiger partial charge on any atom is 0.434 e. The number of carbonyl (C=O) groups is 1. The summed E-state index contributed by atoms with van der Waals surface area (Å²) in [6, 6.07) is 6.40. The molecule has 0 saturated heterocycles. The van der Waals surface area contributed by atoms with E-state index in [1.54, 1.807) is 6.92 Å². The second-order valence-electron chi connectivity index (χ2n) is 4.85. The van der Waals surface area contributed by atoms with Gasteiger partial charge in [-0.15, -0.1) is 0 Å². The first kappa shape index (κ1) is 19.3. The highest BCUT2D eigenvalue weighted by Crippen LogP contribution is 2.41. The van der Waals surface area contributed by atoms with Crippen LogP contribution in [0, 0.1) is 0 Å². The number of benzene rings is 1. The number of rotatable bonds is 6. The molecule has 0 unspecified atom stereocenters. The van der Waals surface area contributed by atoms with Crippen LogP contribution in [0.3, 0.4) is 0 Å². The van der Waals surface area contributed by atoms with Gasteiger partial charge in [-0.25, -0.2) is 0 Å². The molecule has 0 radical (unpaired) electrons. The van der Waals surface area contributed by atoms with Crippen LogP contribution in [0.25, 0.3) is 0 Å². The first-order valence-corrected chi connectivity index (χ1v) is 6.81. The van der Waals surface area contributed by atoms with Crippen molar-refractivity contribution in [2.24, 2.45) is 0 Å². The van der Waals surface area contributed by atoms with Gasteiger partial charge in [0.05, 0.1) is 0 Å². The molecule has 1 aromatic rings. The van der Waals surface area contributed by atoms with Crippen molar-refractivity contribution < 1.29 is 31.1 Å². The summed E-state index contributed by atoms with van der Waals surface area (Å²) in [5, 5.41) is 2.52.